The molecule has 0 aliphatic heterocycles. The van der Waals surface area contributed by atoms with Gasteiger partial charge in [0, 0.05) is 38.6 Å². The van der Waals surface area contributed by atoms with Crippen LogP contribution in [0.3, 0.4) is 0 Å². The first kappa shape index (κ1) is 16.1. The minimum absolute atomic E-state index is 0.983. The van der Waals surface area contributed by atoms with Crippen LogP contribution in [0.25, 0.3) is 58.7 Å². The smallest absolute Gasteiger partial charge is 0.143 e. The van der Waals surface area contributed by atoms with Crippen LogP contribution >= 0.6 is 11.3 Å². The van der Waals surface area contributed by atoms with E-state index >= 15 is 0 Å². The third-order valence-electron chi connectivity index (χ3n) is 5.92. The summed E-state index contributed by atoms with van der Waals surface area (Å²) < 4.78 is 3.62. The lowest BCUT2D eigenvalue weighted by molar-refractivity contribution is 1.20. The van der Waals surface area contributed by atoms with Crippen molar-refractivity contribution in [3.8, 4) is 5.69 Å². The zero-order valence-electron chi connectivity index (χ0n) is 15.9. The Hall–Kier alpha value is -3.76. The van der Waals surface area contributed by atoms with E-state index in [0.29, 0.717) is 0 Å². The topological polar surface area (TPSA) is 30.7 Å². The van der Waals surface area contributed by atoms with Crippen LogP contribution in [-0.4, -0.2) is 14.5 Å². The maximum absolute atomic E-state index is 4.65. The van der Waals surface area contributed by atoms with Crippen molar-refractivity contribution in [2.24, 2.45) is 0 Å². The van der Waals surface area contributed by atoms with Crippen LogP contribution in [0.5, 0.6) is 0 Å². The predicted octanol–water partition coefficient (Wildman–Crippen LogP) is 7.09. The largest absolute Gasteiger partial charge is 0.309 e. The summed E-state index contributed by atoms with van der Waals surface area (Å²) in [6.45, 7) is 0. The van der Waals surface area contributed by atoms with Gasteiger partial charge < -0.3 is 4.57 Å². The number of hydrogen-bond donors (Lipinski definition) is 0. The molecular formula is C26H15N3S. The number of para-hydroxylation sites is 2. The molecule has 0 fully saturated rings. The molecule has 0 atom stereocenters. The molecule has 0 spiro atoms. The molecule has 0 aliphatic carbocycles. The Morgan fingerprint density at radius 3 is 1.97 bits per heavy atom. The third kappa shape index (κ3) is 2.03. The molecule has 4 aromatic carbocycles. The van der Waals surface area contributed by atoms with Crippen molar-refractivity contribution >= 4 is 64.3 Å². The summed E-state index contributed by atoms with van der Waals surface area (Å²) in [6.07, 6.45) is 3.55. The van der Waals surface area contributed by atoms with Crippen molar-refractivity contribution in [1.29, 1.82) is 0 Å². The van der Waals surface area contributed by atoms with Crippen molar-refractivity contribution in [3.63, 3.8) is 0 Å². The Kier molecular flexibility index (Phi) is 3.15. The predicted molar refractivity (Wildman–Crippen MR) is 127 cm³/mol. The van der Waals surface area contributed by atoms with Gasteiger partial charge in [-0.25, -0.2) is 4.98 Å². The molecule has 0 aliphatic rings. The summed E-state index contributed by atoms with van der Waals surface area (Å²) in [5.41, 5.74) is 4.63. The monoisotopic (exact) mass is 401 g/mol. The van der Waals surface area contributed by atoms with Gasteiger partial charge >= 0.3 is 0 Å². The number of benzene rings is 4. The second-order valence-electron chi connectivity index (χ2n) is 7.50. The molecule has 0 saturated carbocycles. The highest BCUT2D eigenvalue weighted by Gasteiger charge is 2.17. The molecular weight excluding hydrogens is 386 g/mol. The minimum atomic E-state index is 0.983. The fraction of sp³-hybridized carbons (Fsp3) is 0. The molecule has 30 heavy (non-hydrogen) atoms. The molecule has 3 nitrogen and oxygen atoms in total. The van der Waals surface area contributed by atoms with Crippen molar-refractivity contribution < 1.29 is 0 Å². The van der Waals surface area contributed by atoms with Crippen LogP contribution in [0.1, 0.15) is 0 Å². The molecule has 7 aromatic rings. The Morgan fingerprint density at radius 1 is 0.633 bits per heavy atom. The molecule has 0 unspecified atom stereocenters. The van der Waals surface area contributed by atoms with E-state index in [9.17, 15) is 0 Å². The molecule has 0 amide bonds. The van der Waals surface area contributed by atoms with Gasteiger partial charge in [0.05, 0.1) is 16.7 Å². The lowest BCUT2D eigenvalue weighted by atomic mass is 10.0. The van der Waals surface area contributed by atoms with Crippen molar-refractivity contribution in [1.82, 2.24) is 14.5 Å². The quantitative estimate of drug-likeness (QED) is 0.294. The van der Waals surface area contributed by atoms with E-state index in [2.05, 4.69) is 93.4 Å². The third-order valence-corrected chi connectivity index (χ3v) is 6.95. The van der Waals surface area contributed by atoms with Crippen molar-refractivity contribution in [3.05, 3.63) is 91.3 Å². The summed E-state index contributed by atoms with van der Waals surface area (Å²) in [5.74, 6) is 0. The second kappa shape index (κ2) is 5.88. The molecule has 0 N–H and O–H groups in total. The number of fused-ring (bicyclic) bond motifs is 8. The standard InChI is InChI=1S/C26H15N3S/c1-2-10-19-18(9-1)22(15-23-24(19)25-26(30-23)28-14-13-27-25)29-20-11-5-3-7-16(20)17-8-4-6-12-21(17)29/h1-15H. The molecule has 0 radical (unpaired) electrons. The van der Waals surface area contributed by atoms with E-state index in [-0.39, 0.29) is 0 Å². The minimum Gasteiger partial charge on any atom is -0.309 e. The van der Waals surface area contributed by atoms with Crippen LogP contribution in [0.4, 0.5) is 0 Å². The van der Waals surface area contributed by atoms with Gasteiger partial charge in [-0.2, -0.15) is 0 Å². The van der Waals surface area contributed by atoms with Crippen LogP contribution in [0.2, 0.25) is 0 Å². The first-order valence-electron chi connectivity index (χ1n) is 9.94. The van der Waals surface area contributed by atoms with Gasteiger partial charge in [-0.15, -0.1) is 11.3 Å². The molecule has 3 aromatic heterocycles. The van der Waals surface area contributed by atoms with Gasteiger partial charge in [0.15, 0.2) is 0 Å². The molecule has 0 bridgehead atoms. The first-order valence-corrected chi connectivity index (χ1v) is 10.8. The van der Waals surface area contributed by atoms with Crippen molar-refractivity contribution in [2.45, 2.75) is 0 Å². The van der Waals surface area contributed by atoms with Crippen LogP contribution < -0.4 is 0 Å². The molecule has 4 heteroatoms. The van der Waals surface area contributed by atoms with Gasteiger partial charge in [-0.3, -0.25) is 4.98 Å². The lowest BCUT2D eigenvalue weighted by Gasteiger charge is -2.12. The van der Waals surface area contributed by atoms with Gasteiger partial charge in [-0.1, -0.05) is 60.7 Å². The molecule has 140 valence electrons. The SMILES string of the molecule is c1ccc2c(c1)c(-n1c3ccccc3c3ccccc31)cc1sc3nccnc3c12. The van der Waals surface area contributed by atoms with E-state index in [1.807, 2.05) is 0 Å². The number of hydrogen-bond acceptors (Lipinski definition) is 3. The fourth-order valence-electron chi connectivity index (χ4n) is 4.70. The highest BCUT2D eigenvalue weighted by atomic mass is 32.1. The first-order chi connectivity index (χ1) is 14.9. The van der Waals surface area contributed by atoms with E-state index in [1.54, 1.807) is 23.7 Å². The number of thiophene rings is 1. The Balaban J connectivity index is 1.74. The summed E-state index contributed by atoms with van der Waals surface area (Å²) in [4.78, 5) is 10.2. The zero-order chi connectivity index (χ0) is 19.7. The molecule has 3 heterocycles. The lowest BCUT2D eigenvalue weighted by Crippen LogP contribution is -1.95. The van der Waals surface area contributed by atoms with Crippen LogP contribution in [0.15, 0.2) is 91.3 Å². The van der Waals surface area contributed by atoms with Gasteiger partial charge in [0.2, 0.25) is 0 Å². The highest BCUT2D eigenvalue weighted by molar-refractivity contribution is 7.25. The Bertz CT molecular complexity index is 1700. The van der Waals surface area contributed by atoms with E-state index in [4.69, 9.17) is 0 Å². The van der Waals surface area contributed by atoms with Crippen molar-refractivity contribution in [2.75, 3.05) is 0 Å². The van der Waals surface area contributed by atoms with Crippen LogP contribution in [0, 0.1) is 0 Å². The normalized spacial score (nSPS) is 12.0. The van der Waals surface area contributed by atoms with Crippen LogP contribution in [-0.2, 0) is 0 Å². The molecule has 0 saturated heterocycles. The maximum atomic E-state index is 4.65. The number of rotatable bonds is 1. The number of aromatic nitrogens is 3. The summed E-state index contributed by atoms with van der Waals surface area (Å²) in [6, 6.07) is 28.3. The van der Waals surface area contributed by atoms with Gasteiger partial charge in [-0.05, 0) is 23.6 Å². The number of nitrogens with zero attached hydrogens (tertiary/aromatic N) is 3. The van der Waals surface area contributed by atoms with Gasteiger partial charge in [0.25, 0.3) is 0 Å². The summed E-state index contributed by atoms with van der Waals surface area (Å²) in [7, 11) is 0. The average Bonchev–Trinajstić information content (AvgIpc) is 3.34. The summed E-state index contributed by atoms with van der Waals surface area (Å²) >= 11 is 1.71. The average molecular weight is 401 g/mol. The fourth-order valence-corrected chi connectivity index (χ4v) is 5.75. The second-order valence-corrected chi connectivity index (χ2v) is 8.53. The van der Waals surface area contributed by atoms with Gasteiger partial charge in [0.1, 0.15) is 10.3 Å². The Morgan fingerprint density at radius 2 is 1.23 bits per heavy atom. The highest BCUT2D eigenvalue weighted by Crippen LogP contribution is 2.41. The molecule has 7 rings (SSSR count). The van der Waals surface area contributed by atoms with E-state index in [0.717, 1.165) is 10.3 Å². The van der Waals surface area contributed by atoms with E-state index in [1.165, 1.54) is 48.4 Å². The van der Waals surface area contributed by atoms with E-state index < -0.39 is 0 Å². The zero-order valence-corrected chi connectivity index (χ0v) is 16.7. The summed E-state index contributed by atoms with van der Waals surface area (Å²) in [5, 5.41) is 6.19. The maximum Gasteiger partial charge on any atom is 0.143 e. The Labute approximate surface area is 175 Å².